The Morgan fingerprint density at radius 1 is 1.04 bits per heavy atom. The predicted octanol–water partition coefficient (Wildman–Crippen LogP) is 4.49. The van der Waals surface area contributed by atoms with Crippen LogP contribution in [0.15, 0.2) is 56.3 Å². The van der Waals surface area contributed by atoms with Gasteiger partial charge in [0.1, 0.15) is 0 Å². The summed E-state index contributed by atoms with van der Waals surface area (Å²) in [4.78, 5) is 12.5. The molecule has 0 radical (unpaired) electrons. The van der Waals surface area contributed by atoms with Gasteiger partial charge in [-0.15, -0.1) is 0 Å². The van der Waals surface area contributed by atoms with E-state index in [0.29, 0.717) is 23.2 Å². The minimum Gasteiger partial charge on any atom is -0.322 e. The highest BCUT2D eigenvalue weighted by Gasteiger charge is 2.25. The molecular formula is C17H18Br2N2O3S. The fourth-order valence-electron chi connectivity index (χ4n) is 2.28. The number of rotatable bonds is 6. The number of anilines is 1. The maximum absolute atomic E-state index is 12.7. The molecule has 0 aliphatic rings. The van der Waals surface area contributed by atoms with E-state index in [9.17, 15) is 13.2 Å². The van der Waals surface area contributed by atoms with Crippen LogP contribution in [0, 0.1) is 0 Å². The van der Waals surface area contributed by atoms with E-state index in [1.807, 2.05) is 12.1 Å². The van der Waals surface area contributed by atoms with Gasteiger partial charge in [-0.1, -0.05) is 29.8 Å². The molecule has 0 atom stereocenters. The van der Waals surface area contributed by atoms with E-state index in [4.69, 9.17) is 0 Å². The van der Waals surface area contributed by atoms with Gasteiger partial charge in [-0.05, 0) is 58.4 Å². The van der Waals surface area contributed by atoms with Crippen LogP contribution in [0.25, 0.3) is 0 Å². The molecule has 1 amide bonds. The summed E-state index contributed by atoms with van der Waals surface area (Å²) in [6.45, 7) is 4.28. The first-order valence-electron chi connectivity index (χ1n) is 7.66. The lowest BCUT2D eigenvalue weighted by Gasteiger charge is -2.19. The number of nitrogens with one attached hydrogen (secondary N) is 1. The fraction of sp³-hybridized carbons (Fsp3) is 0.235. The van der Waals surface area contributed by atoms with Crippen LogP contribution < -0.4 is 5.32 Å². The number of carbonyl (C=O) groups excluding carboxylic acids is 1. The summed E-state index contributed by atoms with van der Waals surface area (Å²) in [5.41, 5.74) is 0.904. The molecule has 0 bridgehead atoms. The van der Waals surface area contributed by atoms with Gasteiger partial charge in [-0.25, -0.2) is 8.42 Å². The lowest BCUT2D eigenvalue weighted by atomic mass is 10.2. The first-order chi connectivity index (χ1) is 11.8. The molecule has 25 heavy (non-hydrogen) atoms. The minimum atomic E-state index is -3.67. The van der Waals surface area contributed by atoms with Gasteiger partial charge in [-0.2, -0.15) is 4.31 Å². The van der Waals surface area contributed by atoms with E-state index in [1.54, 1.807) is 38.1 Å². The van der Waals surface area contributed by atoms with Crippen molar-refractivity contribution in [2.24, 2.45) is 0 Å². The fourth-order valence-corrected chi connectivity index (χ4v) is 4.95. The molecule has 0 saturated carbocycles. The van der Waals surface area contributed by atoms with Gasteiger partial charge in [0.25, 0.3) is 5.91 Å². The van der Waals surface area contributed by atoms with Gasteiger partial charge < -0.3 is 5.32 Å². The van der Waals surface area contributed by atoms with Crippen molar-refractivity contribution in [3.63, 3.8) is 0 Å². The van der Waals surface area contributed by atoms with Crippen LogP contribution in [0.1, 0.15) is 24.2 Å². The topological polar surface area (TPSA) is 66.5 Å². The molecule has 2 aromatic rings. The van der Waals surface area contributed by atoms with E-state index in [2.05, 4.69) is 37.2 Å². The summed E-state index contributed by atoms with van der Waals surface area (Å²) in [6, 6.07) is 11.7. The third kappa shape index (κ3) is 4.69. The largest absolute Gasteiger partial charge is 0.322 e. The summed E-state index contributed by atoms with van der Waals surface area (Å²) in [5.74, 6) is -0.370. The Morgan fingerprint density at radius 2 is 1.64 bits per heavy atom. The van der Waals surface area contributed by atoms with Gasteiger partial charge >= 0.3 is 0 Å². The van der Waals surface area contributed by atoms with Crippen LogP contribution in [0.5, 0.6) is 0 Å². The van der Waals surface area contributed by atoms with E-state index >= 15 is 0 Å². The van der Waals surface area contributed by atoms with Crippen LogP contribution in [0.3, 0.4) is 0 Å². The SMILES string of the molecule is CCN(CC)S(=O)(=O)c1cc(C(=O)Nc2ccc(Br)cc2)ccc1Br. The van der Waals surface area contributed by atoms with Crippen LogP contribution in [-0.4, -0.2) is 31.7 Å². The number of amides is 1. The van der Waals surface area contributed by atoms with Crippen molar-refractivity contribution < 1.29 is 13.2 Å². The highest BCUT2D eigenvalue weighted by atomic mass is 79.9. The van der Waals surface area contributed by atoms with Crippen molar-refractivity contribution in [1.29, 1.82) is 0 Å². The van der Waals surface area contributed by atoms with Crippen LogP contribution >= 0.6 is 31.9 Å². The monoisotopic (exact) mass is 488 g/mol. The molecular weight excluding hydrogens is 472 g/mol. The maximum atomic E-state index is 12.7. The minimum absolute atomic E-state index is 0.0830. The zero-order chi connectivity index (χ0) is 18.6. The molecule has 0 aliphatic heterocycles. The molecule has 2 aromatic carbocycles. The highest BCUT2D eigenvalue weighted by Crippen LogP contribution is 2.26. The number of halogens is 2. The Balaban J connectivity index is 2.35. The van der Waals surface area contributed by atoms with Gasteiger partial charge in [-0.3, -0.25) is 4.79 Å². The molecule has 134 valence electrons. The number of benzene rings is 2. The number of hydrogen-bond donors (Lipinski definition) is 1. The second kappa shape index (κ2) is 8.44. The number of sulfonamides is 1. The zero-order valence-electron chi connectivity index (χ0n) is 13.8. The third-order valence-electron chi connectivity index (χ3n) is 3.62. The molecule has 0 unspecified atom stereocenters. The third-order valence-corrected chi connectivity index (χ3v) is 7.19. The molecule has 8 heteroatoms. The molecule has 2 rings (SSSR count). The quantitative estimate of drug-likeness (QED) is 0.649. The van der Waals surface area contributed by atoms with Gasteiger partial charge in [0.15, 0.2) is 0 Å². The molecule has 0 heterocycles. The van der Waals surface area contributed by atoms with Crippen LogP contribution in [0.2, 0.25) is 0 Å². The summed E-state index contributed by atoms with van der Waals surface area (Å²) in [7, 11) is -3.67. The normalized spacial score (nSPS) is 11.6. The first kappa shape index (κ1) is 20.1. The lowest BCUT2D eigenvalue weighted by Crippen LogP contribution is -2.31. The lowest BCUT2D eigenvalue weighted by molar-refractivity contribution is 0.102. The predicted molar refractivity (Wildman–Crippen MR) is 106 cm³/mol. The van der Waals surface area contributed by atoms with Crippen molar-refractivity contribution in [1.82, 2.24) is 4.31 Å². The maximum Gasteiger partial charge on any atom is 0.255 e. The number of hydrogen-bond acceptors (Lipinski definition) is 3. The van der Waals surface area contributed by atoms with Crippen LogP contribution in [-0.2, 0) is 10.0 Å². The molecule has 0 aliphatic carbocycles. The molecule has 0 spiro atoms. The second-order valence-electron chi connectivity index (χ2n) is 5.20. The van der Waals surface area contributed by atoms with Crippen molar-refractivity contribution in [2.75, 3.05) is 18.4 Å². The van der Waals surface area contributed by atoms with E-state index < -0.39 is 10.0 Å². The highest BCUT2D eigenvalue weighted by molar-refractivity contribution is 9.10. The van der Waals surface area contributed by atoms with E-state index in [1.165, 1.54) is 10.4 Å². The number of carbonyl (C=O) groups is 1. The Kier molecular flexibility index (Phi) is 6.79. The summed E-state index contributed by atoms with van der Waals surface area (Å²) >= 11 is 6.61. The van der Waals surface area contributed by atoms with Gasteiger partial charge in [0.05, 0.1) is 4.90 Å². The molecule has 1 N–H and O–H groups in total. The van der Waals surface area contributed by atoms with Crippen molar-refractivity contribution in [3.8, 4) is 0 Å². The average molecular weight is 490 g/mol. The first-order valence-corrected chi connectivity index (χ1v) is 10.7. The van der Waals surface area contributed by atoms with E-state index in [-0.39, 0.29) is 16.4 Å². The van der Waals surface area contributed by atoms with Gasteiger partial charge in [0.2, 0.25) is 10.0 Å². The summed E-state index contributed by atoms with van der Waals surface area (Å²) in [5, 5.41) is 2.76. The summed E-state index contributed by atoms with van der Waals surface area (Å²) in [6.07, 6.45) is 0. The average Bonchev–Trinajstić information content (AvgIpc) is 2.58. The smallest absolute Gasteiger partial charge is 0.255 e. The Labute approximate surface area is 164 Å². The van der Waals surface area contributed by atoms with Crippen LogP contribution in [0.4, 0.5) is 5.69 Å². The molecule has 0 saturated heterocycles. The summed E-state index contributed by atoms with van der Waals surface area (Å²) < 4.78 is 28.2. The van der Waals surface area contributed by atoms with Crippen molar-refractivity contribution in [2.45, 2.75) is 18.7 Å². The van der Waals surface area contributed by atoms with Gasteiger partial charge in [0, 0.05) is 33.3 Å². The molecule has 0 fully saturated rings. The Bertz CT molecular complexity index is 864. The van der Waals surface area contributed by atoms with Crippen molar-refractivity contribution in [3.05, 3.63) is 57.0 Å². The van der Waals surface area contributed by atoms with E-state index in [0.717, 1.165) is 4.47 Å². The Morgan fingerprint density at radius 3 is 2.20 bits per heavy atom. The number of nitrogens with zero attached hydrogens (tertiary/aromatic N) is 1. The van der Waals surface area contributed by atoms with Crippen molar-refractivity contribution >= 4 is 53.5 Å². The molecule has 5 nitrogen and oxygen atoms in total. The zero-order valence-corrected chi connectivity index (χ0v) is 17.8. The molecule has 0 aromatic heterocycles. The standard InChI is InChI=1S/C17H18Br2N2O3S/c1-3-21(4-2)25(23,24)16-11-12(5-10-15(16)19)17(22)20-14-8-6-13(18)7-9-14/h5-11H,3-4H2,1-2H3,(H,20,22). The second-order valence-corrected chi connectivity index (χ2v) is 8.87. The Hall–Kier alpha value is -1.22.